The number of hydrogen-bond donors (Lipinski definition) is 0. The number of alkyl halides is 9. The Kier molecular flexibility index (Phi) is 8.47. The van der Waals surface area contributed by atoms with E-state index in [1.807, 2.05) is 0 Å². The van der Waals surface area contributed by atoms with Crippen LogP contribution in [0.1, 0.15) is 16.7 Å². The smallest absolute Gasteiger partial charge is 0.309 e. The highest BCUT2D eigenvalue weighted by atomic mass is 19.4. The van der Waals surface area contributed by atoms with Gasteiger partial charge in [0.05, 0.1) is 27.7 Å². The van der Waals surface area contributed by atoms with Gasteiger partial charge < -0.3 is 4.57 Å². The topological polar surface area (TPSA) is 43.6 Å². The van der Waals surface area contributed by atoms with Crippen LogP contribution < -0.4 is 0 Å². The zero-order chi connectivity index (χ0) is 38.7. The van der Waals surface area contributed by atoms with Crippen LogP contribution in [-0.4, -0.2) is 19.5 Å². The van der Waals surface area contributed by atoms with Gasteiger partial charge in [-0.15, -0.1) is 0 Å². The van der Waals surface area contributed by atoms with E-state index in [1.165, 1.54) is 53.1 Å². The fourth-order valence-corrected chi connectivity index (χ4v) is 6.63. The summed E-state index contributed by atoms with van der Waals surface area (Å²) < 4.78 is 129. The molecule has 0 aliphatic heterocycles. The van der Waals surface area contributed by atoms with E-state index >= 15 is 0 Å². The zero-order valence-electron chi connectivity index (χ0n) is 28.0. The summed E-state index contributed by atoms with van der Waals surface area (Å²) in [5, 5.41) is 0.408. The maximum absolute atomic E-state index is 14.7. The maximum Gasteiger partial charge on any atom is 0.417 e. The van der Waals surface area contributed by atoms with Gasteiger partial charge in [-0.1, -0.05) is 91.0 Å². The highest BCUT2D eigenvalue weighted by molar-refractivity contribution is 6.10. The van der Waals surface area contributed by atoms with Crippen LogP contribution in [0.3, 0.4) is 0 Å². The Hall–Kier alpha value is -6.50. The lowest BCUT2D eigenvalue weighted by Crippen LogP contribution is -2.08. The molecule has 0 spiro atoms. The molecule has 0 aliphatic rings. The van der Waals surface area contributed by atoms with Gasteiger partial charge in [0.1, 0.15) is 0 Å². The number of rotatable bonds is 5. The van der Waals surface area contributed by atoms with Crippen molar-refractivity contribution in [3.63, 3.8) is 0 Å². The second kappa shape index (κ2) is 13.1. The van der Waals surface area contributed by atoms with Crippen LogP contribution in [-0.2, 0) is 18.5 Å². The van der Waals surface area contributed by atoms with Crippen molar-refractivity contribution in [1.82, 2.24) is 19.5 Å². The van der Waals surface area contributed by atoms with Gasteiger partial charge in [0.15, 0.2) is 17.5 Å². The largest absolute Gasteiger partial charge is 0.417 e. The number of aromatic nitrogens is 4. The predicted molar refractivity (Wildman–Crippen MR) is 191 cm³/mol. The fraction of sp³-hybridized carbons (Fsp3) is 0.0714. The van der Waals surface area contributed by atoms with Gasteiger partial charge in [-0.05, 0) is 59.7 Å². The third-order valence-electron chi connectivity index (χ3n) is 9.15. The van der Waals surface area contributed by atoms with Crippen molar-refractivity contribution in [2.75, 3.05) is 0 Å². The molecule has 0 bridgehead atoms. The molecule has 274 valence electrons. The van der Waals surface area contributed by atoms with Gasteiger partial charge >= 0.3 is 18.5 Å². The lowest BCUT2D eigenvalue weighted by atomic mass is 9.93. The second-order valence-corrected chi connectivity index (χ2v) is 12.6. The van der Waals surface area contributed by atoms with E-state index in [1.54, 1.807) is 60.7 Å². The summed E-state index contributed by atoms with van der Waals surface area (Å²) in [4.78, 5) is 14.0. The summed E-state index contributed by atoms with van der Waals surface area (Å²) in [5.74, 6) is 0.405. The quantitative estimate of drug-likeness (QED) is 0.164. The van der Waals surface area contributed by atoms with Crippen LogP contribution in [0.15, 0.2) is 140 Å². The van der Waals surface area contributed by atoms with E-state index in [4.69, 9.17) is 0 Å². The Morgan fingerprint density at radius 2 is 0.855 bits per heavy atom. The monoisotopic (exact) mass is 754 g/mol. The second-order valence-electron chi connectivity index (χ2n) is 12.6. The average molecular weight is 755 g/mol. The minimum Gasteiger partial charge on any atom is -0.309 e. The molecule has 0 saturated carbocycles. The molecule has 13 heteroatoms. The number of fused-ring (bicyclic) bond motifs is 3. The van der Waals surface area contributed by atoms with Crippen molar-refractivity contribution < 1.29 is 39.5 Å². The summed E-state index contributed by atoms with van der Waals surface area (Å²) in [6.45, 7) is 0. The SMILES string of the molecule is FC(F)(F)c1ccc2c3ccc(C(F)(F)F)cc3n(-c3ccc(-c4nc(-c5ccccc5)nc(-c5ccccc5)n4)c(-c4ccccc4C(F)(F)F)c3)c2c1. The van der Waals surface area contributed by atoms with Crippen molar-refractivity contribution in [2.24, 2.45) is 0 Å². The lowest BCUT2D eigenvalue weighted by molar-refractivity contribution is -0.138. The minimum atomic E-state index is -4.86. The van der Waals surface area contributed by atoms with Crippen LogP contribution in [0.25, 0.3) is 72.8 Å². The number of halogens is 9. The van der Waals surface area contributed by atoms with E-state index in [0.29, 0.717) is 11.1 Å². The summed E-state index contributed by atoms with van der Waals surface area (Å²) in [5.41, 5.74) is -2.50. The van der Waals surface area contributed by atoms with Gasteiger partial charge in [0, 0.05) is 33.2 Å². The third kappa shape index (κ3) is 6.66. The number of benzene rings is 6. The van der Waals surface area contributed by atoms with Crippen LogP contribution in [0.2, 0.25) is 0 Å². The highest BCUT2D eigenvalue weighted by Gasteiger charge is 2.36. The molecular formula is C42H23F9N4. The van der Waals surface area contributed by atoms with Crippen molar-refractivity contribution in [1.29, 1.82) is 0 Å². The first-order chi connectivity index (χ1) is 26.2. The normalized spacial score (nSPS) is 12.5. The van der Waals surface area contributed by atoms with Gasteiger partial charge in [-0.3, -0.25) is 0 Å². The highest BCUT2D eigenvalue weighted by Crippen LogP contribution is 2.44. The molecule has 8 rings (SSSR count). The first-order valence-electron chi connectivity index (χ1n) is 16.6. The molecule has 8 aromatic rings. The van der Waals surface area contributed by atoms with Crippen LogP contribution in [0.5, 0.6) is 0 Å². The van der Waals surface area contributed by atoms with Crippen LogP contribution in [0, 0.1) is 0 Å². The number of hydrogen-bond acceptors (Lipinski definition) is 3. The van der Waals surface area contributed by atoms with E-state index in [-0.39, 0.29) is 61.7 Å². The van der Waals surface area contributed by atoms with Crippen LogP contribution in [0.4, 0.5) is 39.5 Å². The molecule has 0 aliphatic carbocycles. The minimum absolute atomic E-state index is 0.00463. The molecule has 0 unspecified atom stereocenters. The van der Waals surface area contributed by atoms with Gasteiger partial charge in [-0.25, -0.2) is 15.0 Å². The molecular weight excluding hydrogens is 731 g/mol. The molecule has 6 aromatic carbocycles. The first kappa shape index (κ1) is 35.5. The Balaban J connectivity index is 1.46. The molecule has 0 atom stereocenters. The Labute approximate surface area is 306 Å². The lowest BCUT2D eigenvalue weighted by Gasteiger charge is -2.18. The van der Waals surface area contributed by atoms with Crippen molar-refractivity contribution in [3.05, 3.63) is 156 Å². The van der Waals surface area contributed by atoms with E-state index < -0.39 is 35.2 Å². The molecule has 2 heterocycles. The summed E-state index contributed by atoms with van der Waals surface area (Å²) in [6.07, 6.45) is -14.5. The summed E-state index contributed by atoms with van der Waals surface area (Å²) >= 11 is 0. The number of nitrogens with zero attached hydrogens (tertiary/aromatic N) is 4. The van der Waals surface area contributed by atoms with Gasteiger partial charge in [0.25, 0.3) is 0 Å². The van der Waals surface area contributed by atoms with Gasteiger partial charge in [-0.2, -0.15) is 39.5 Å². The Morgan fingerprint density at radius 1 is 0.382 bits per heavy atom. The van der Waals surface area contributed by atoms with Crippen molar-refractivity contribution in [3.8, 4) is 51.0 Å². The third-order valence-corrected chi connectivity index (χ3v) is 9.15. The van der Waals surface area contributed by atoms with E-state index in [9.17, 15) is 39.5 Å². The molecule has 55 heavy (non-hydrogen) atoms. The maximum atomic E-state index is 14.7. The standard InChI is InChI=1S/C42H23F9N4/c43-40(44,45)26-15-18-30-31-19-16-27(41(46,47)48)22-36(31)55(35(30)21-26)28-17-20-32(33(23-28)29-13-7-8-14-34(29)42(49,50)51)39-53-37(24-9-3-1-4-10-24)52-38(54-39)25-11-5-2-6-12-25/h1-23H. The molecule has 0 fully saturated rings. The molecule has 2 aromatic heterocycles. The molecule has 0 saturated heterocycles. The Bertz CT molecular complexity index is 2590. The molecule has 0 N–H and O–H groups in total. The molecule has 0 radical (unpaired) electrons. The summed E-state index contributed by atoms with van der Waals surface area (Å²) in [7, 11) is 0. The van der Waals surface area contributed by atoms with Gasteiger partial charge in [0.2, 0.25) is 0 Å². The zero-order valence-corrected chi connectivity index (χ0v) is 28.0. The van der Waals surface area contributed by atoms with Crippen LogP contribution >= 0.6 is 0 Å². The van der Waals surface area contributed by atoms with Crippen molar-refractivity contribution >= 4 is 21.8 Å². The molecule has 0 amide bonds. The predicted octanol–water partition coefficient (Wildman–Crippen LogP) is 12.7. The first-order valence-corrected chi connectivity index (χ1v) is 16.6. The fourth-order valence-electron chi connectivity index (χ4n) is 6.63. The molecule has 4 nitrogen and oxygen atoms in total. The van der Waals surface area contributed by atoms with E-state index in [2.05, 4.69) is 15.0 Å². The Morgan fingerprint density at radius 3 is 1.35 bits per heavy atom. The van der Waals surface area contributed by atoms with Crippen molar-refractivity contribution in [2.45, 2.75) is 18.5 Å². The summed E-state index contributed by atoms with van der Waals surface area (Å²) in [6, 6.07) is 32.1. The van der Waals surface area contributed by atoms with E-state index in [0.717, 1.165) is 30.3 Å². The average Bonchev–Trinajstić information content (AvgIpc) is 3.50.